The van der Waals surface area contributed by atoms with Crippen molar-refractivity contribution in [3.8, 4) is 0 Å². The lowest BCUT2D eigenvalue weighted by molar-refractivity contribution is -0.221. The largest absolute Gasteiger partial charge is 0.465 e. The highest BCUT2D eigenvalue weighted by molar-refractivity contribution is 5.69. The molecule has 0 radical (unpaired) electrons. The standard InChI is InChI=1S/C17H24O10/c1-8(18)23-7-13-6-14(24-9(2)19)16(26-11(4)21)17(27-12(5)22)15(13)25-10(3)20/h13-17H,6-7H2,1-5H3/t13-,14-,15-,16-,17-/m0/s1. The summed E-state index contributed by atoms with van der Waals surface area (Å²) in [6.45, 7) is 5.64. The number of rotatable bonds is 6. The van der Waals surface area contributed by atoms with E-state index in [1.165, 1.54) is 13.8 Å². The predicted octanol–water partition coefficient (Wildman–Crippen LogP) is 0.296. The van der Waals surface area contributed by atoms with Gasteiger partial charge in [0, 0.05) is 40.5 Å². The zero-order chi connectivity index (χ0) is 20.7. The van der Waals surface area contributed by atoms with Gasteiger partial charge in [-0.15, -0.1) is 0 Å². The maximum Gasteiger partial charge on any atom is 0.303 e. The van der Waals surface area contributed by atoms with Gasteiger partial charge in [-0.3, -0.25) is 24.0 Å². The first-order valence-corrected chi connectivity index (χ1v) is 8.33. The summed E-state index contributed by atoms with van der Waals surface area (Å²) in [4.78, 5) is 57.3. The third-order valence-electron chi connectivity index (χ3n) is 3.74. The van der Waals surface area contributed by atoms with E-state index in [2.05, 4.69) is 0 Å². The summed E-state index contributed by atoms with van der Waals surface area (Å²) < 4.78 is 25.9. The molecule has 0 spiro atoms. The smallest absolute Gasteiger partial charge is 0.303 e. The second-order valence-corrected chi connectivity index (χ2v) is 6.17. The van der Waals surface area contributed by atoms with Crippen LogP contribution in [0.25, 0.3) is 0 Å². The molecule has 1 saturated carbocycles. The van der Waals surface area contributed by atoms with Crippen molar-refractivity contribution in [3.05, 3.63) is 0 Å². The second-order valence-electron chi connectivity index (χ2n) is 6.17. The molecular formula is C17H24O10. The molecule has 0 aromatic carbocycles. The topological polar surface area (TPSA) is 132 Å². The molecule has 0 aromatic rings. The molecule has 1 rings (SSSR count). The molecule has 0 N–H and O–H groups in total. The molecule has 0 saturated heterocycles. The molecule has 1 fully saturated rings. The molecule has 0 aromatic heterocycles. The number of ether oxygens (including phenoxy) is 5. The van der Waals surface area contributed by atoms with Crippen molar-refractivity contribution in [3.63, 3.8) is 0 Å². The lowest BCUT2D eigenvalue weighted by atomic mass is 9.80. The van der Waals surface area contributed by atoms with Crippen LogP contribution in [-0.4, -0.2) is 60.9 Å². The minimum Gasteiger partial charge on any atom is -0.465 e. The third-order valence-corrected chi connectivity index (χ3v) is 3.74. The van der Waals surface area contributed by atoms with Gasteiger partial charge in [-0.2, -0.15) is 0 Å². The highest BCUT2D eigenvalue weighted by atomic mass is 16.6. The quantitative estimate of drug-likeness (QED) is 0.462. The summed E-state index contributed by atoms with van der Waals surface area (Å²) in [5.74, 6) is -3.95. The first kappa shape index (κ1) is 22.4. The molecule has 27 heavy (non-hydrogen) atoms. The lowest BCUT2D eigenvalue weighted by Crippen LogP contribution is -2.59. The Morgan fingerprint density at radius 1 is 0.630 bits per heavy atom. The SMILES string of the molecule is CC(=O)OC[C@@H]1C[C@H](OC(C)=O)[C@H](OC(C)=O)[C@@H](OC(C)=O)[C@H]1OC(C)=O. The number of carbonyl (C=O) groups is 5. The minimum absolute atomic E-state index is 0.0561. The van der Waals surface area contributed by atoms with Gasteiger partial charge in [-0.1, -0.05) is 0 Å². The average molecular weight is 388 g/mol. The van der Waals surface area contributed by atoms with E-state index < -0.39 is 60.2 Å². The Kier molecular flexibility index (Phi) is 8.20. The molecular weight excluding hydrogens is 364 g/mol. The van der Waals surface area contributed by atoms with E-state index >= 15 is 0 Å². The van der Waals surface area contributed by atoms with Crippen LogP contribution < -0.4 is 0 Å². The van der Waals surface area contributed by atoms with Crippen LogP contribution in [0.1, 0.15) is 41.0 Å². The normalized spacial score (nSPS) is 27.1. The molecule has 0 heterocycles. The maximum atomic E-state index is 11.6. The molecule has 10 nitrogen and oxygen atoms in total. The molecule has 152 valence electrons. The van der Waals surface area contributed by atoms with Crippen molar-refractivity contribution in [1.29, 1.82) is 0 Å². The number of hydrogen-bond donors (Lipinski definition) is 0. The summed E-state index contributed by atoms with van der Waals surface area (Å²) in [5, 5.41) is 0. The fraction of sp³-hybridized carbons (Fsp3) is 0.706. The van der Waals surface area contributed by atoms with Gasteiger partial charge < -0.3 is 23.7 Å². The zero-order valence-corrected chi connectivity index (χ0v) is 15.9. The Morgan fingerprint density at radius 2 is 1.07 bits per heavy atom. The summed E-state index contributed by atoms with van der Waals surface area (Å²) in [5.41, 5.74) is 0. The van der Waals surface area contributed by atoms with Gasteiger partial charge in [0.05, 0.1) is 6.61 Å². The molecule has 10 heteroatoms. The Balaban J connectivity index is 3.29. The summed E-state index contributed by atoms with van der Waals surface area (Å²) >= 11 is 0. The van der Waals surface area contributed by atoms with Crippen molar-refractivity contribution >= 4 is 29.8 Å². The second kappa shape index (κ2) is 9.89. The molecule has 0 aliphatic heterocycles. The number of esters is 5. The Hall–Kier alpha value is -2.65. The van der Waals surface area contributed by atoms with Gasteiger partial charge in [0.15, 0.2) is 12.2 Å². The molecule has 1 aliphatic rings. The molecule has 0 bridgehead atoms. The summed E-state index contributed by atoms with van der Waals surface area (Å²) in [6, 6.07) is 0. The minimum atomic E-state index is -1.24. The number of carbonyl (C=O) groups excluding carboxylic acids is 5. The maximum absolute atomic E-state index is 11.6. The van der Waals surface area contributed by atoms with Gasteiger partial charge in [-0.25, -0.2) is 0 Å². The van der Waals surface area contributed by atoms with E-state index in [9.17, 15) is 24.0 Å². The molecule has 5 atom stereocenters. The van der Waals surface area contributed by atoms with Crippen LogP contribution in [0.4, 0.5) is 0 Å². The van der Waals surface area contributed by atoms with Crippen molar-refractivity contribution in [1.82, 2.24) is 0 Å². The van der Waals surface area contributed by atoms with Crippen LogP contribution in [0.3, 0.4) is 0 Å². The summed E-state index contributed by atoms with van der Waals surface area (Å²) in [7, 11) is 0. The average Bonchev–Trinajstić information content (AvgIpc) is 2.49. The van der Waals surface area contributed by atoms with Crippen molar-refractivity contribution in [2.24, 2.45) is 5.92 Å². The predicted molar refractivity (Wildman–Crippen MR) is 87.0 cm³/mol. The number of hydrogen-bond acceptors (Lipinski definition) is 10. The van der Waals surface area contributed by atoms with Gasteiger partial charge >= 0.3 is 29.8 Å². The highest BCUT2D eigenvalue weighted by Gasteiger charge is 2.52. The van der Waals surface area contributed by atoms with Crippen molar-refractivity contribution < 1.29 is 47.7 Å². The van der Waals surface area contributed by atoms with Crippen molar-refractivity contribution in [2.75, 3.05) is 6.61 Å². The highest BCUT2D eigenvalue weighted by Crippen LogP contribution is 2.34. The van der Waals surface area contributed by atoms with Crippen LogP contribution in [0.5, 0.6) is 0 Å². The Bertz CT molecular complexity index is 599. The van der Waals surface area contributed by atoms with Crippen LogP contribution >= 0.6 is 0 Å². The van der Waals surface area contributed by atoms with Gasteiger partial charge in [-0.05, 0) is 6.42 Å². The van der Waals surface area contributed by atoms with Crippen molar-refractivity contribution in [2.45, 2.75) is 65.5 Å². The van der Waals surface area contributed by atoms with E-state index in [0.717, 1.165) is 20.8 Å². The molecule has 0 amide bonds. The van der Waals surface area contributed by atoms with Gasteiger partial charge in [0.1, 0.15) is 12.2 Å². The van der Waals surface area contributed by atoms with E-state index in [4.69, 9.17) is 23.7 Å². The zero-order valence-electron chi connectivity index (χ0n) is 15.9. The van der Waals surface area contributed by atoms with Gasteiger partial charge in [0.25, 0.3) is 0 Å². The third kappa shape index (κ3) is 7.24. The van der Waals surface area contributed by atoms with E-state index in [0.29, 0.717) is 0 Å². The van der Waals surface area contributed by atoms with Crippen LogP contribution in [0.2, 0.25) is 0 Å². The van der Waals surface area contributed by atoms with E-state index in [1.807, 2.05) is 0 Å². The fourth-order valence-corrected chi connectivity index (χ4v) is 2.96. The van der Waals surface area contributed by atoms with Crippen LogP contribution in [0, 0.1) is 5.92 Å². The van der Waals surface area contributed by atoms with Gasteiger partial charge in [0.2, 0.25) is 0 Å². The summed E-state index contributed by atoms with van der Waals surface area (Å²) in [6.07, 6.45) is -4.42. The molecule has 1 aliphatic carbocycles. The lowest BCUT2D eigenvalue weighted by Gasteiger charge is -2.43. The molecule has 0 unspecified atom stereocenters. The van der Waals surface area contributed by atoms with E-state index in [-0.39, 0.29) is 13.0 Å². The van der Waals surface area contributed by atoms with Crippen LogP contribution in [0.15, 0.2) is 0 Å². The fourth-order valence-electron chi connectivity index (χ4n) is 2.96. The Morgan fingerprint density at radius 3 is 1.52 bits per heavy atom. The monoisotopic (exact) mass is 388 g/mol. The first-order chi connectivity index (χ1) is 12.5. The van der Waals surface area contributed by atoms with Crippen LogP contribution in [-0.2, 0) is 47.7 Å². The first-order valence-electron chi connectivity index (χ1n) is 8.33. The Labute approximate surface area is 156 Å². The van der Waals surface area contributed by atoms with E-state index in [1.54, 1.807) is 0 Å².